The van der Waals surface area contributed by atoms with Crippen LogP contribution in [0.4, 0.5) is 0 Å². The highest BCUT2D eigenvalue weighted by Gasteiger charge is 2.28. The molecule has 0 saturated carbocycles. The zero-order valence-electron chi connectivity index (χ0n) is 17.0. The van der Waals surface area contributed by atoms with Gasteiger partial charge in [-0.15, -0.1) is 11.3 Å². The predicted octanol–water partition coefficient (Wildman–Crippen LogP) is 2.39. The highest BCUT2D eigenvalue weighted by molar-refractivity contribution is 7.17. The third-order valence-corrected chi connectivity index (χ3v) is 6.91. The number of aryl methyl sites for hydroxylation is 1. The normalized spacial score (nSPS) is 17.9. The first-order valence-corrected chi connectivity index (χ1v) is 11.3. The highest BCUT2D eigenvalue weighted by Crippen LogP contribution is 2.29. The summed E-state index contributed by atoms with van der Waals surface area (Å²) in [6.07, 6.45) is 0. The summed E-state index contributed by atoms with van der Waals surface area (Å²) in [5, 5.41) is 1.48. The van der Waals surface area contributed by atoms with Crippen LogP contribution in [0.15, 0.2) is 24.3 Å². The number of amides is 2. The first kappa shape index (κ1) is 21.2. The fourth-order valence-electron chi connectivity index (χ4n) is 3.66. The van der Waals surface area contributed by atoms with Crippen LogP contribution in [0.25, 0.3) is 10.6 Å². The van der Waals surface area contributed by atoms with E-state index in [1.807, 2.05) is 41.0 Å². The van der Waals surface area contributed by atoms with Crippen LogP contribution in [0.3, 0.4) is 0 Å². The summed E-state index contributed by atoms with van der Waals surface area (Å²) in [6, 6.07) is 7.46. The van der Waals surface area contributed by atoms with Crippen molar-refractivity contribution in [3.8, 4) is 10.6 Å². The number of thiazole rings is 1. The number of carbonyl (C=O) groups excluding carboxylic acids is 2. The molecule has 0 spiro atoms. The lowest BCUT2D eigenvalue weighted by Crippen LogP contribution is -2.53. The van der Waals surface area contributed by atoms with Crippen LogP contribution in [-0.2, 0) is 9.53 Å². The lowest BCUT2D eigenvalue weighted by atomic mass is 10.2. The Morgan fingerprint density at radius 2 is 1.67 bits per heavy atom. The quantitative estimate of drug-likeness (QED) is 0.718. The predicted molar refractivity (Wildman–Crippen MR) is 117 cm³/mol. The molecule has 0 N–H and O–H groups in total. The van der Waals surface area contributed by atoms with E-state index in [9.17, 15) is 9.59 Å². The van der Waals surface area contributed by atoms with Gasteiger partial charge in [-0.25, -0.2) is 4.98 Å². The molecular weight excluding hydrogens is 424 g/mol. The fraction of sp³-hybridized carbons (Fsp3) is 0.476. The summed E-state index contributed by atoms with van der Waals surface area (Å²) < 4.78 is 5.33. The number of hydrogen-bond donors (Lipinski definition) is 0. The number of benzene rings is 1. The number of hydrogen-bond acceptors (Lipinski definition) is 6. The van der Waals surface area contributed by atoms with Crippen LogP contribution in [0.5, 0.6) is 0 Å². The van der Waals surface area contributed by atoms with E-state index in [2.05, 4.69) is 9.88 Å². The Labute approximate surface area is 185 Å². The van der Waals surface area contributed by atoms with E-state index in [0.717, 1.165) is 29.4 Å². The van der Waals surface area contributed by atoms with E-state index in [-0.39, 0.29) is 11.8 Å². The number of aromatic nitrogens is 1. The van der Waals surface area contributed by atoms with Crippen LogP contribution in [0.2, 0.25) is 5.02 Å². The standard InChI is InChI=1S/C21H25ClN4O3S/c1-15-19(30-20(23-15)16-2-4-17(22)5-3-16)21(28)26-8-6-25(7-9-26)18(27)14-24-10-12-29-13-11-24/h2-5H,6-14H2,1H3. The second kappa shape index (κ2) is 9.43. The Hall–Kier alpha value is -2.00. The molecule has 2 saturated heterocycles. The lowest BCUT2D eigenvalue weighted by Gasteiger charge is -2.36. The average molecular weight is 449 g/mol. The number of rotatable bonds is 4. The summed E-state index contributed by atoms with van der Waals surface area (Å²) >= 11 is 7.37. The van der Waals surface area contributed by atoms with Gasteiger partial charge < -0.3 is 14.5 Å². The number of carbonyl (C=O) groups is 2. The molecule has 2 fully saturated rings. The minimum Gasteiger partial charge on any atom is -0.379 e. The van der Waals surface area contributed by atoms with Crippen molar-refractivity contribution in [2.45, 2.75) is 6.92 Å². The third-order valence-electron chi connectivity index (χ3n) is 5.46. The van der Waals surface area contributed by atoms with Gasteiger partial charge in [0.2, 0.25) is 5.91 Å². The third kappa shape index (κ3) is 4.83. The molecule has 1 aromatic heterocycles. The van der Waals surface area contributed by atoms with Gasteiger partial charge in [0, 0.05) is 49.9 Å². The number of piperazine rings is 1. The van der Waals surface area contributed by atoms with Crippen molar-refractivity contribution in [1.29, 1.82) is 0 Å². The number of nitrogens with zero attached hydrogens (tertiary/aromatic N) is 4. The molecule has 0 radical (unpaired) electrons. The van der Waals surface area contributed by atoms with Gasteiger partial charge >= 0.3 is 0 Å². The number of ether oxygens (including phenoxy) is 1. The van der Waals surface area contributed by atoms with Gasteiger partial charge in [-0.3, -0.25) is 14.5 Å². The minimum absolute atomic E-state index is 0.00880. The molecule has 2 aliphatic heterocycles. The molecule has 4 rings (SSSR count). The van der Waals surface area contributed by atoms with Crippen LogP contribution < -0.4 is 0 Å². The van der Waals surface area contributed by atoms with Crippen molar-refractivity contribution < 1.29 is 14.3 Å². The Balaban J connectivity index is 1.35. The van der Waals surface area contributed by atoms with Crippen molar-refractivity contribution in [3.63, 3.8) is 0 Å². The maximum atomic E-state index is 13.1. The van der Waals surface area contributed by atoms with Crippen molar-refractivity contribution in [2.24, 2.45) is 0 Å². The minimum atomic E-state index is -0.00880. The van der Waals surface area contributed by atoms with Gasteiger partial charge in [0.05, 0.1) is 25.5 Å². The zero-order chi connectivity index (χ0) is 21.1. The van der Waals surface area contributed by atoms with E-state index in [0.29, 0.717) is 55.8 Å². The van der Waals surface area contributed by atoms with Gasteiger partial charge in [0.25, 0.3) is 5.91 Å². The summed E-state index contributed by atoms with van der Waals surface area (Å²) in [6.45, 7) is 7.47. The molecule has 0 atom stereocenters. The van der Waals surface area contributed by atoms with Crippen LogP contribution in [0.1, 0.15) is 15.4 Å². The topological polar surface area (TPSA) is 66.0 Å². The summed E-state index contributed by atoms with van der Waals surface area (Å²) in [7, 11) is 0. The Morgan fingerprint density at radius 1 is 1.03 bits per heavy atom. The van der Waals surface area contributed by atoms with Gasteiger partial charge in [-0.05, 0) is 19.1 Å². The van der Waals surface area contributed by atoms with Crippen molar-refractivity contribution in [1.82, 2.24) is 19.7 Å². The Kier molecular flexibility index (Phi) is 6.67. The molecule has 30 heavy (non-hydrogen) atoms. The number of morpholine rings is 1. The number of halogens is 1. The van der Waals surface area contributed by atoms with E-state index in [1.165, 1.54) is 11.3 Å². The summed E-state index contributed by atoms with van der Waals surface area (Å²) in [5.41, 5.74) is 1.69. The molecule has 7 nitrogen and oxygen atoms in total. The maximum absolute atomic E-state index is 13.1. The van der Waals surface area contributed by atoms with E-state index in [1.54, 1.807) is 0 Å². The molecule has 1 aromatic carbocycles. The Morgan fingerprint density at radius 3 is 2.33 bits per heavy atom. The fourth-order valence-corrected chi connectivity index (χ4v) is 4.83. The molecule has 2 aliphatic rings. The summed E-state index contributed by atoms with van der Waals surface area (Å²) in [5.74, 6) is 0.119. The van der Waals surface area contributed by atoms with Crippen molar-refractivity contribution >= 4 is 34.8 Å². The van der Waals surface area contributed by atoms with Gasteiger partial charge in [-0.1, -0.05) is 23.7 Å². The second-order valence-electron chi connectivity index (χ2n) is 7.50. The monoisotopic (exact) mass is 448 g/mol. The molecule has 2 aromatic rings. The van der Waals surface area contributed by atoms with Crippen LogP contribution in [0, 0.1) is 6.92 Å². The van der Waals surface area contributed by atoms with E-state index in [4.69, 9.17) is 16.3 Å². The van der Waals surface area contributed by atoms with E-state index >= 15 is 0 Å². The van der Waals surface area contributed by atoms with Gasteiger partial charge in [-0.2, -0.15) is 0 Å². The Bertz CT molecular complexity index is 903. The van der Waals surface area contributed by atoms with Crippen molar-refractivity contribution in [3.05, 3.63) is 39.9 Å². The molecule has 0 aliphatic carbocycles. The molecule has 9 heteroatoms. The van der Waals surface area contributed by atoms with Gasteiger partial charge in [0.15, 0.2) is 0 Å². The van der Waals surface area contributed by atoms with Crippen LogP contribution in [-0.4, -0.2) is 90.5 Å². The molecular formula is C21H25ClN4O3S. The first-order valence-electron chi connectivity index (χ1n) is 10.1. The van der Waals surface area contributed by atoms with Gasteiger partial charge in [0.1, 0.15) is 9.88 Å². The lowest BCUT2D eigenvalue weighted by molar-refractivity contribution is -0.134. The summed E-state index contributed by atoms with van der Waals surface area (Å²) in [4.78, 5) is 36.7. The highest BCUT2D eigenvalue weighted by atomic mass is 35.5. The van der Waals surface area contributed by atoms with E-state index < -0.39 is 0 Å². The average Bonchev–Trinajstić information content (AvgIpc) is 3.16. The molecule has 160 valence electrons. The largest absolute Gasteiger partial charge is 0.379 e. The SMILES string of the molecule is Cc1nc(-c2ccc(Cl)cc2)sc1C(=O)N1CCN(C(=O)CN2CCOCC2)CC1. The van der Waals surface area contributed by atoms with Crippen LogP contribution >= 0.6 is 22.9 Å². The molecule has 2 amide bonds. The first-order chi connectivity index (χ1) is 14.5. The molecule has 3 heterocycles. The van der Waals surface area contributed by atoms with Crippen molar-refractivity contribution in [2.75, 3.05) is 59.0 Å². The molecule has 0 bridgehead atoms. The molecule has 0 unspecified atom stereocenters. The second-order valence-corrected chi connectivity index (χ2v) is 8.94. The smallest absolute Gasteiger partial charge is 0.265 e. The zero-order valence-corrected chi connectivity index (χ0v) is 18.5. The maximum Gasteiger partial charge on any atom is 0.265 e.